The normalized spacial score (nSPS) is 11.1. The number of para-hydroxylation sites is 1. The van der Waals surface area contributed by atoms with E-state index in [0.717, 1.165) is 16.8 Å². The minimum atomic E-state index is -0.0437. The number of fused-ring (bicyclic) bond motifs is 1. The van der Waals surface area contributed by atoms with Crippen molar-refractivity contribution >= 4 is 34.3 Å². The highest BCUT2D eigenvalue weighted by molar-refractivity contribution is 7.98. The maximum Gasteiger partial charge on any atom is 0.262 e. The molecule has 1 heterocycles. The Bertz CT molecular complexity index is 1200. The average molecular weight is 407 g/mol. The number of aryl methyl sites for hydroxylation is 1. The summed E-state index contributed by atoms with van der Waals surface area (Å²) in [6, 6.07) is 23.4. The van der Waals surface area contributed by atoms with Crippen molar-refractivity contribution in [2.45, 2.75) is 24.4 Å². The van der Waals surface area contributed by atoms with Crippen LogP contribution < -0.4 is 5.56 Å². The zero-order valence-electron chi connectivity index (χ0n) is 15.4. The van der Waals surface area contributed by atoms with Crippen molar-refractivity contribution in [2.75, 3.05) is 0 Å². The fourth-order valence-electron chi connectivity index (χ4n) is 3.11. The molecule has 0 amide bonds. The van der Waals surface area contributed by atoms with Gasteiger partial charge in [-0.3, -0.25) is 9.36 Å². The number of hydrogen-bond donors (Lipinski definition) is 0. The molecule has 4 aromatic rings. The van der Waals surface area contributed by atoms with E-state index in [0.29, 0.717) is 22.1 Å². The highest BCUT2D eigenvalue weighted by Gasteiger charge is 2.13. The summed E-state index contributed by atoms with van der Waals surface area (Å²) in [5, 5.41) is 1.97. The molecule has 3 nitrogen and oxygen atoms in total. The molecule has 5 heteroatoms. The van der Waals surface area contributed by atoms with E-state index in [4.69, 9.17) is 16.6 Å². The molecule has 0 saturated carbocycles. The smallest absolute Gasteiger partial charge is 0.262 e. The first-order valence-corrected chi connectivity index (χ1v) is 10.4. The molecule has 0 aliphatic rings. The Morgan fingerprint density at radius 2 is 1.61 bits per heavy atom. The summed E-state index contributed by atoms with van der Waals surface area (Å²) in [7, 11) is 0. The van der Waals surface area contributed by atoms with Gasteiger partial charge in [-0.15, -0.1) is 0 Å². The molecule has 0 atom stereocenters. The Kier molecular flexibility index (Phi) is 5.51. The van der Waals surface area contributed by atoms with Crippen LogP contribution in [0.5, 0.6) is 0 Å². The number of thioether (sulfide) groups is 1. The lowest BCUT2D eigenvalue weighted by Gasteiger charge is -2.14. The molecular formula is C23H19ClN2OS. The summed E-state index contributed by atoms with van der Waals surface area (Å²) in [4.78, 5) is 18.0. The van der Waals surface area contributed by atoms with Crippen LogP contribution in [0.25, 0.3) is 10.9 Å². The van der Waals surface area contributed by atoms with Crippen LogP contribution in [0.4, 0.5) is 0 Å². The molecule has 28 heavy (non-hydrogen) atoms. The SMILES string of the molecule is Cc1ccccc1CSc1nc2ccccc2c(=O)n1Cc1ccccc1Cl. The van der Waals surface area contributed by atoms with Gasteiger partial charge in [-0.05, 0) is 41.8 Å². The number of halogens is 1. The first-order valence-electron chi connectivity index (χ1n) is 9.04. The fraction of sp³-hybridized carbons (Fsp3) is 0.130. The van der Waals surface area contributed by atoms with Crippen LogP contribution in [0.3, 0.4) is 0 Å². The average Bonchev–Trinajstić information content (AvgIpc) is 2.71. The van der Waals surface area contributed by atoms with Crippen molar-refractivity contribution in [3.63, 3.8) is 0 Å². The van der Waals surface area contributed by atoms with Crippen LogP contribution in [0.1, 0.15) is 16.7 Å². The van der Waals surface area contributed by atoms with Crippen LogP contribution in [0, 0.1) is 6.92 Å². The third-order valence-corrected chi connectivity index (χ3v) is 6.12. The molecule has 0 spiro atoms. The number of hydrogen-bond acceptors (Lipinski definition) is 3. The number of nitrogens with zero attached hydrogens (tertiary/aromatic N) is 2. The zero-order chi connectivity index (χ0) is 19.5. The van der Waals surface area contributed by atoms with Gasteiger partial charge < -0.3 is 0 Å². The van der Waals surface area contributed by atoms with Crippen LogP contribution >= 0.6 is 23.4 Å². The monoisotopic (exact) mass is 406 g/mol. The molecule has 0 aliphatic carbocycles. The number of rotatable bonds is 5. The van der Waals surface area contributed by atoms with Gasteiger partial charge in [-0.2, -0.15) is 0 Å². The van der Waals surface area contributed by atoms with Crippen molar-refractivity contribution in [1.29, 1.82) is 0 Å². The van der Waals surface area contributed by atoms with E-state index in [-0.39, 0.29) is 5.56 Å². The molecule has 140 valence electrons. The highest BCUT2D eigenvalue weighted by atomic mass is 35.5. The minimum absolute atomic E-state index is 0.0437. The molecule has 3 aromatic carbocycles. The predicted octanol–water partition coefficient (Wildman–Crippen LogP) is 5.70. The summed E-state index contributed by atoms with van der Waals surface area (Å²) in [6.07, 6.45) is 0. The predicted molar refractivity (Wildman–Crippen MR) is 117 cm³/mol. The first-order chi connectivity index (χ1) is 13.6. The van der Waals surface area contributed by atoms with Gasteiger partial charge in [0.25, 0.3) is 5.56 Å². The van der Waals surface area contributed by atoms with Crippen molar-refractivity contribution in [2.24, 2.45) is 0 Å². The Labute approximate surface area is 173 Å². The van der Waals surface area contributed by atoms with E-state index in [2.05, 4.69) is 19.1 Å². The Balaban J connectivity index is 1.78. The number of aromatic nitrogens is 2. The van der Waals surface area contributed by atoms with Gasteiger partial charge in [0, 0.05) is 10.8 Å². The summed E-state index contributed by atoms with van der Waals surface area (Å²) in [5.74, 6) is 0.750. The third kappa shape index (κ3) is 3.84. The Morgan fingerprint density at radius 1 is 0.929 bits per heavy atom. The van der Waals surface area contributed by atoms with Gasteiger partial charge in [0.1, 0.15) is 0 Å². The van der Waals surface area contributed by atoms with E-state index in [1.165, 1.54) is 11.1 Å². The highest BCUT2D eigenvalue weighted by Crippen LogP contribution is 2.25. The molecular weight excluding hydrogens is 388 g/mol. The molecule has 0 fully saturated rings. The second-order valence-corrected chi connectivity index (χ2v) is 7.96. The lowest BCUT2D eigenvalue weighted by Crippen LogP contribution is -2.24. The van der Waals surface area contributed by atoms with E-state index in [1.54, 1.807) is 16.3 Å². The van der Waals surface area contributed by atoms with Gasteiger partial charge >= 0.3 is 0 Å². The fourth-order valence-corrected chi connectivity index (χ4v) is 4.38. The quantitative estimate of drug-likeness (QED) is 0.315. The zero-order valence-corrected chi connectivity index (χ0v) is 17.0. The first kappa shape index (κ1) is 18.8. The lowest BCUT2D eigenvalue weighted by atomic mass is 10.1. The van der Waals surface area contributed by atoms with Gasteiger partial charge in [0.15, 0.2) is 5.16 Å². The van der Waals surface area contributed by atoms with Crippen molar-refractivity contribution in [1.82, 2.24) is 9.55 Å². The summed E-state index contributed by atoms with van der Waals surface area (Å²) >= 11 is 7.93. The number of benzene rings is 3. The van der Waals surface area contributed by atoms with E-state index < -0.39 is 0 Å². The second-order valence-electron chi connectivity index (χ2n) is 6.61. The maximum atomic E-state index is 13.2. The van der Waals surface area contributed by atoms with Gasteiger partial charge in [0.2, 0.25) is 0 Å². The molecule has 4 rings (SSSR count). The minimum Gasteiger partial charge on any atom is -0.283 e. The van der Waals surface area contributed by atoms with Crippen molar-refractivity contribution in [3.8, 4) is 0 Å². The molecule has 0 saturated heterocycles. The van der Waals surface area contributed by atoms with Gasteiger partial charge in [-0.1, -0.05) is 78.0 Å². The molecule has 1 aromatic heterocycles. The van der Waals surface area contributed by atoms with E-state index in [1.807, 2.05) is 60.7 Å². The molecule has 0 radical (unpaired) electrons. The lowest BCUT2D eigenvalue weighted by molar-refractivity contribution is 0.658. The van der Waals surface area contributed by atoms with E-state index in [9.17, 15) is 4.79 Å². The molecule has 0 N–H and O–H groups in total. The molecule has 0 unspecified atom stereocenters. The Hall–Kier alpha value is -2.56. The summed E-state index contributed by atoms with van der Waals surface area (Å²) in [6.45, 7) is 2.49. The largest absolute Gasteiger partial charge is 0.283 e. The topological polar surface area (TPSA) is 34.9 Å². The molecule has 0 bridgehead atoms. The van der Waals surface area contributed by atoms with Crippen LogP contribution in [-0.4, -0.2) is 9.55 Å². The second kappa shape index (κ2) is 8.21. The summed E-state index contributed by atoms with van der Waals surface area (Å²) in [5.41, 5.74) is 4.05. The van der Waals surface area contributed by atoms with Crippen LogP contribution in [-0.2, 0) is 12.3 Å². The standard InChI is InChI=1S/C23H19ClN2OS/c1-16-8-2-3-10-18(16)15-28-23-25-21-13-7-5-11-19(21)22(27)26(23)14-17-9-4-6-12-20(17)24/h2-13H,14-15H2,1H3. The van der Waals surface area contributed by atoms with Crippen LogP contribution in [0.15, 0.2) is 82.7 Å². The van der Waals surface area contributed by atoms with Crippen molar-refractivity contribution in [3.05, 3.63) is 105 Å². The summed E-state index contributed by atoms with van der Waals surface area (Å²) < 4.78 is 1.73. The third-order valence-electron chi connectivity index (χ3n) is 4.73. The molecule has 0 aliphatic heterocycles. The van der Waals surface area contributed by atoms with Crippen LogP contribution in [0.2, 0.25) is 5.02 Å². The Morgan fingerprint density at radius 3 is 2.39 bits per heavy atom. The van der Waals surface area contributed by atoms with Crippen molar-refractivity contribution < 1.29 is 0 Å². The van der Waals surface area contributed by atoms with E-state index >= 15 is 0 Å². The van der Waals surface area contributed by atoms with Gasteiger partial charge in [-0.25, -0.2) is 4.98 Å². The maximum absolute atomic E-state index is 13.2. The van der Waals surface area contributed by atoms with Gasteiger partial charge in [0.05, 0.1) is 17.4 Å².